The lowest BCUT2D eigenvalue weighted by Crippen LogP contribution is -2.38. The number of aromatic nitrogens is 8. The highest BCUT2D eigenvalue weighted by atomic mass is 32.2. The molecule has 8 aliphatic heterocycles. The van der Waals surface area contributed by atoms with Gasteiger partial charge < -0.3 is 18.9 Å². The molecule has 0 unspecified atom stereocenters. The zero-order chi connectivity index (χ0) is 63.5. The summed E-state index contributed by atoms with van der Waals surface area (Å²) < 4.78 is 80.8. The molecule has 0 saturated carbocycles. The fourth-order valence-electron chi connectivity index (χ4n) is 13.2. The molecular formula is C68H64F4N12O4S4. The van der Waals surface area contributed by atoms with Crippen LogP contribution in [0.15, 0.2) is 168 Å². The van der Waals surface area contributed by atoms with Crippen molar-refractivity contribution >= 4 is 67.2 Å². The van der Waals surface area contributed by atoms with E-state index in [2.05, 4.69) is 39.9 Å². The van der Waals surface area contributed by atoms with Crippen LogP contribution in [0.25, 0.3) is 44.5 Å². The third kappa shape index (κ3) is 12.7. The smallest absolute Gasteiger partial charge is 0.131 e. The summed E-state index contributed by atoms with van der Waals surface area (Å²) in [7, 11) is 0. The van der Waals surface area contributed by atoms with Crippen LogP contribution in [-0.4, -0.2) is 136 Å². The Morgan fingerprint density at radius 3 is 0.957 bits per heavy atom. The molecule has 4 aromatic heterocycles. The van der Waals surface area contributed by atoms with Gasteiger partial charge in [-0.05, 0) is 98.5 Å². The summed E-state index contributed by atoms with van der Waals surface area (Å²) in [6.07, 6.45) is 19.3. The molecule has 92 heavy (non-hydrogen) atoms. The summed E-state index contributed by atoms with van der Waals surface area (Å²) in [5.74, 6) is 3.81. The van der Waals surface area contributed by atoms with Gasteiger partial charge in [-0.15, -0.1) is 47.0 Å². The van der Waals surface area contributed by atoms with E-state index in [9.17, 15) is 17.6 Å². The number of hydrogen-bond acceptors (Lipinski definition) is 20. The minimum absolute atomic E-state index is 0.202. The minimum atomic E-state index is -0.606. The number of benzene rings is 4. The largest absolute Gasteiger partial charge is 0.378 e. The Kier molecular flexibility index (Phi) is 19.0. The van der Waals surface area contributed by atoms with Crippen molar-refractivity contribution in [2.75, 3.05) is 75.9 Å². The third-order valence-corrected chi connectivity index (χ3v) is 22.3. The molecule has 4 aromatic carbocycles. The second-order valence-corrected chi connectivity index (χ2v) is 28.5. The Bertz CT molecular complexity index is 3860. The van der Waals surface area contributed by atoms with Crippen LogP contribution in [0.4, 0.5) is 17.6 Å². The average Bonchev–Trinajstić information content (AvgIpc) is 1.51. The van der Waals surface area contributed by atoms with Crippen LogP contribution >= 0.6 is 47.0 Å². The third-order valence-electron chi connectivity index (χ3n) is 18.0. The van der Waals surface area contributed by atoms with Crippen LogP contribution in [-0.2, 0) is 41.1 Å². The number of thioether (sulfide) groups is 4. The number of rotatable bonds is 8. The Morgan fingerprint density at radius 2 is 0.620 bits per heavy atom. The predicted octanol–water partition coefficient (Wildman–Crippen LogP) is 13.2. The summed E-state index contributed by atoms with van der Waals surface area (Å²) >= 11 is 6.98. The number of halogens is 4. The number of hydrogen-bond donors (Lipinski definition) is 0. The van der Waals surface area contributed by atoms with Gasteiger partial charge in [0.1, 0.15) is 70.7 Å². The van der Waals surface area contributed by atoms with E-state index < -0.39 is 22.2 Å². The highest BCUT2D eigenvalue weighted by molar-refractivity contribution is 8.14. The maximum atomic E-state index is 14.7. The van der Waals surface area contributed by atoms with Gasteiger partial charge in [-0.25, -0.2) is 57.4 Å². The lowest BCUT2D eigenvalue weighted by molar-refractivity contribution is 0.176. The fourth-order valence-corrected chi connectivity index (χ4v) is 17.4. The van der Waals surface area contributed by atoms with Crippen LogP contribution < -0.4 is 0 Å². The van der Waals surface area contributed by atoms with E-state index in [-0.39, 0.29) is 35.1 Å². The van der Waals surface area contributed by atoms with E-state index >= 15 is 0 Å². The zero-order valence-electron chi connectivity index (χ0n) is 50.8. The van der Waals surface area contributed by atoms with E-state index in [1.807, 2.05) is 64.1 Å². The predicted molar refractivity (Wildman–Crippen MR) is 356 cm³/mol. The fraction of sp³-hybridized carbons (Fsp3) is 0.353. The molecule has 24 heteroatoms. The highest BCUT2D eigenvalue weighted by Gasteiger charge is 2.52. The quantitative estimate of drug-likeness (QED) is 0.130. The number of fused-ring (bicyclic) bond motifs is 4. The number of ether oxygens (including phenoxy) is 4. The summed E-state index contributed by atoms with van der Waals surface area (Å²) in [5.41, 5.74) is 7.11. The molecule has 472 valence electrons. The first kappa shape index (κ1) is 63.6. The maximum absolute atomic E-state index is 14.7. The van der Waals surface area contributed by atoms with Gasteiger partial charge in [0.15, 0.2) is 0 Å². The molecule has 0 amide bonds. The van der Waals surface area contributed by atoms with Crippen molar-refractivity contribution in [3.05, 3.63) is 193 Å². The topological polar surface area (TPSA) is 189 Å². The van der Waals surface area contributed by atoms with Crippen molar-refractivity contribution in [1.82, 2.24) is 39.9 Å². The van der Waals surface area contributed by atoms with E-state index in [0.717, 1.165) is 76.6 Å². The van der Waals surface area contributed by atoms with Crippen LogP contribution in [0.1, 0.15) is 49.9 Å². The van der Waals surface area contributed by atoms with Crippen molar-refractivity contribution in [2.24, 2.45) is 43.6 Å². The molecule has 8 atom stereocenters. The van der Waals surface area contributed by atoms with Crippen molar-refractivity contribution in [3.8, 4) is 44.5 Å². The molecule has 0 aliphatic carbocycles. The van der Waals surface area contributed by atoms with Gasteiger partial charge in [-0.3, -0.25) is 20.0 Å². The molecule has 0 N–H and O–H groups in total. The summed E-state index contributed by atoms with van der Waals surface area (Å²) in [6.45, 7) is 12.6. The second kappa shape index (κ2) is 27.4. The molecule has 8 aliphatic rings. The van der Waals surface area contributed by atoms with Crippen molar-refractivity contribution in [1.29, 1.82) is 0 Å². The lowest BCUT2D eigenvalue weighted by atomic mass is 9.80. The first-order chi connectivity index (χ1) is 44.8. The Hall–Kier alpha value is -7.16. The molecular weight excluding hydrogens is 1250 g/mol. The molecule has 4 saturated heterocycles. The van der Waals surface area contributed by atoms with E-state index in [1.54, 1.807) is 109 Å². The van der Waals surface area contributed by atoms with Crippen LogP contribution in [0.2, 0.25) is 0 Å². The molecule has 4 fully saturated rings. The Morgan fingerprint density at radius 1 is 0.337 bits per heavy atom. The van der Waals surface area contributed by atoms with Crippen molar-refractivity contribution < 1.29 is 36.5 Å². The molecule has 0 bridgehead atoms. The lowest BCUT2D eigenvalue weighted by Gasteiger charge is -2.34. The summed E-state index contributed by atoms with van der Waals surface area (Å²) in [5, 5.41) is 4.08. The Balaban J connectivity index is 0.000000112. The molecule has 0 spiro atoms. The average molecular weight is 1320 g/mol. The van der Waals surface area contributed by atoms with E-state index in [0.29, 0.717) is 98.1 Å². The van der Waals surface area contributed by atoms with Crippen LogP contribution in [0, 0.1) is 46.9 Å². The molecule has 0 radical (unpaired) electrons. The van der Waals surface area contributed by atoms with Gasteiger partial charge in [-0.2, -0.15) is 0 Å². The minimum Gasteiger partial charge on any atom is -0.378 e. The van der Waals surface area contributed by atoms with E-state index in [1.165, 1.54) is 49.6 Å². The number of nitrogens with zero attached hydrogens (tertiary/aromatic N) is 12. The standard InChI is InChI=1S/4C17H16FN3OS/c2*1-11-21-17(9-22-7-14(17)8-23-11)13-2-3-16(18)15(4-13)12-5-19-10-20-6-12;2*1-11-21-17(9-22-7-14(17)8-23-11)15-4-12(2-3-16(15)18)13-5-19-10-20-6-13/h4*2-6,10,14H,7-9H2,1H3/t2*14-,17+;2*14-,17-/m1010/s1. The molecule has 16 nitrogen and oxygen atoms in total. The molecule has 16 rings (SSSR count). The van der Waals surface area contributed by atoms with Crippen LogP contribution in [0.3, 0.4) is 0 Å². The second-order valence-electron chi connectivity index (χ2n) is 23.6. The maximum Gasteiger partial charge on any atom is 0.131 e. The van der Waals surface area contributed by atoms with Gasteiger partial charge in [0.05, 0.1) is 73.0 Å². The van der Waals surface area contributed by atoms with Crippen molar-refractivity contribution in [2.45, 2.75) is 49.9 Å². The molecule has 12 heterocycles. The van der Waals surface area contributed by atoms with Gasteiger partial charge in [0, 0.05) is 141 Å². The van der Waals surface area contributed by atoms with E-state index in [4.69, 9.17) is 38.9 Å². The van der Waals surface area contributed by atoms with Crippen molar-refractivity contribution in [3.63, 3.8) is 0 Å². The Labute approximate surface area is 547 Å². The summed E-state index contributed by atoms with van der Waals surface area (Å²) in [4.78, 5) is 51.6. The van der Waals surface area contributed by atoms with Gasteiger partial charge in [0.25, 0.3) is 0 Å². The van der Waals surface area contributed by atoms with Crippen LogP contribution in [0.5, 0.6) is 0 Å². The molecule has 8 aromatic rings. The SMILES string of the molecule is CC1=N[C@@]2(c3cc(-c4cncnc4)ccc3F)COC[C@H]2CS1.CC1=N[C@@]2(c3ccc(F)c(-c4cncnc4)c3)COC[C@H]2CS1.CC1=N[C@]2(c3cc(-c4cncnc4)ccc3F)COC[C@@H]2CS1.CC1=N[C@]2(c3ccc(F)c(-c4cncnc4)c3)COC[C@@H]2CS1. The van der Waals surface area contributed by atoms with Gasteiger partial charge in [0.2, 0.25) is 0 Å². The highest BCUT2D eigenvalue weighted by Crippen LogP contribution is 2.50. The first-order valence-corrected chi connectivity index (χ1v) is 34.0. The summed E-state index contributed by atoms with van der Waals surface area (Å²) in [6, 6.07) is 20.7. The first-order valence-electron chi connectivity index (χ1n) is 30.1. The normalized spacial score (nSPS) is 26.7. The van der Waals surface area contributed by atoms with Gasteiger partial charge >= 0.3 is 0 Å². The number of aliphatic imine (C=N–C) groups is 4. The monoisotopic (exact) mass is 1320 g/mol. The van der Waals surface area contributed by atoms with Gasteiger partial charge in [-0.1, -0.05) is 24.3 Å². The zero-order valence-corrected chi connectivity index (χ0v) is 54.1.